The summed E-state index contributed by atoms with van der Waals surface area (Å²) in [6.07, 6.45) is 3.48. The molecule has 6 fully saturated rings. The van der Waals surface area contributed by atoms with E-state index in [4.69, 9.17) is 28.4 Å². The van der Waals surface area contributed by atoms with E-state index in [1.165, 1.54) is 0 Å². The summed E-state index contributed by atoms with van der Waals surface area (Å²) in [6.45, 7) is 4.31. The molecule has 0 radical (unpaired) electrons. The molecule has 0 aromatic carbocycles. The quantitative estimate of drug-likeness (QED) is 0.177. The zero-order valence-corrected chi connectivity index (χ0v) is 27.8. The molecule has 0 aromatic heterocycles. The van der Waals surface area contributed by atoms with Crippen LogP contribution in [0.4, 0.5) is 0 Å². The van der Waals surface area contributed by atoms with E-state index in [1.807, 2.05) is 0 Å². The average molecular weight is 665 g/mol. The molecule has 12 heteroatoms. The fourth-order valence-corrected chi connectivity index (χ4v) is 11.1. The van der Waals surface area contributed by atoms with E-state index in [2.05, 4.69) is 6.92 Å². The number of aldehydes is 1. The van der Waals surface area contributed by atoms with E-state index < -0.39 is 59.0 Å². The number of carbonyl (C=O) groups is 2. The number of ether oxygens (including phenoxy) is 6. The zero-order chi connectivity index (χ0) is 33.4. The van der Waals surface area contributed by atoms with Gasteiger partial charge in [0.2, 0.25) is 0 Å². The fourth-order valence-electron chi connectivity index (χ4n) is 11.1. The molecule has 7 rings (SSSR count). The van der Waals surface area contributed by atoms with Crippen molar-refractivity contribution in [3.8, 4) is 0 Å². The van der Waals surface area contributed by atoms with Gasteiger partial charge in [0, 0.05) is 37.9 Å². The van der Waals surface area contributed by atoms with E-state index >= 15 is 0 Å². The molecule has 0 bridgehead atoms. The summed E-state index contributed by atoms with van der Waals surface area (Å²) in [5, 5.41) is 44.9. The van der Waals surface area contributed by atoms with Crippen LogP contribution in [0.2, 0.25) is 0 Å². The van der Waals surface area contributed by atoms with Crippen LogP contribution in [0.25, 0.3) is 0 Å². The summed E-state index contributed by atoms with van der Waals surface area (Å²) < 4.78 is 35.3. The lowest BCUT2D eigenvalue weighted by molar-refractivity contribution is -0.308. The van der Waals surface area contributed by atoms with Crippen LogP contribution in [0.15, 0.2) is 11.6 Å². The van der Waals surface area contributed by atoms with Crippen LogP contribution in [-0.2, 0) is 38.0 Å². The van der Waals surface area contributed by atoms with Crippen LogP contribution >= 0.6 is 0 Å². The molecule has 4 N–H and O–H groups in total. The van der Waals surface area contributed by atoms with Crippen molar-refractivity contribution >= 4 is 12.3 Å². The van der Waals surface area contributed by atoms with Crippen molar-refractivity contribution in [2.45, 2.75) is 145 Å². The lowest BCUT2D eigenvalue weighted by atomic mass is 9.41. The normalized spacial score (nSPS) is 53.0. The molecule has 3 heterocycles. The maximum Gasteiger partial charge on any atom is 0.331 e. The Labute approximate surface area is 276 Å². The lowest BCUT2D eigenvalue weighted by Gasteiger charge is -2.65. The first-order valence-electron chi connectivity index (χ1n) is 17.6. The van der Waals surface area contributed by atoms with Gasteiger partial charge in [0.05, 0.1) is 47.6 Å². The summed E-state index contributed by atoms with van der Waals surface area (Å²) in [4.78, 5) is 25.0. The second-order valence-corrected chi connectivity index (χ2v) is 15.8. The van der Waals surface area contributed by atoms with Crippen LogP contribution in [0.3, 0.4) is 0 Å². The van der Waals surface area contributed by atoms with Crippen LogP contribution in [0, 0.1) is 28.6 Å². The Morgan fingerprint density at radius 1 is 0.957 bits per heavy atom. The number of fused-ring (bicyclic) bond motifs is 5. The van der Waals surface area contributed by atoms with Gasteiger partial charge in [-0.2, -0.15) is 0 Å². The predicted octanol–water partition coefficient (Wildman–Crippen LogP) is 1.93. The van der Waals surface area contributed by atoms with E-state index in [1.54, 1.807) is 20.1 Å². The number of rotatable bonds is 7. The summed E-state index contributed by atoms with van der Waals surface area (Å²) >= 11 is 0. The van der Waals surface area contributed by atoms with Crippen LogP contribution in [0.1, 0.15) is 84.5 Å². The van der Waals surface area contributed by atoms with Crippen molar-refractivity contribution in [3.05, 3.63) is 11.6 Å². The maximum absolute atomic E-state index is 13.2. The molecule has 3 aliphatic heterocycles. The minimum Gasteiger partial charge on any atom is -0.458 e. The summed E-state index contributed by atoms with van der Waals surface area (Å²) in [5.74, 6) is -0.510. The molecule has 7 aliphatic rings. The van der Waals surface area contributed by atoms with Gasteiger partial charge in [-0.05, 0) is 81.6 Å². The van der Waals surface area contributed by atoms with Crippen molar-refractivity contribution in [3.63, 3.8) is 0 Å². The number of carbonyl (C=O) groups excluding carboxylic acids is 2. The number of aliphatic hydroxyl groups excluding tert-OH is 2. The predicted molar refractivity (Wildman–Crippen MR) is 163 cm³/mol. The first kappa shape index (κ1) is 34.0. The summed E-state index contributed by atoms with van der Waals surface area (Å²) in [6, 6.07) is 0. The molecular formula is C35H52O12. The van der Waals surface area contributed by atoms with Crippen LogP contribution in [-0.4, -0.2) is 113 Å². The van der Waals surface area contributed by atoms with Crippen molar-refractivity contribution in [2.75, 3.05) is 20.3 Å². The standard InChI is InChI=1S/C35H52O12/c1-19-31(39)25(37)13-30(45-19)47-27-17-44-29(14-26(27)42-3)46-21-4-9-33(18-36)23-5-8-32(2)22(20-12-28(38)43-16-20)7-11-35(32,41)24(23)6-10-34(33,40)15-21/h12,18-19,21-27,29-31,37,39-41H,4-11,13-17H2,1-3H3. The monoisotopic (exact) mass is 664 g/mol. The second kappa shape index (κ2) is 12.4. The Balaban J connectivity index is 0.999. The SMILES string of the molecule is COC1CC(OC2CCC3(C=O)C4CCC5(C)C(C6=CC(=O)OC6)CCC5(O)C4CCC3(O)C2)OCC1OC1CC(O)C(O)C(C)O1. The van der Waals surface area contributed by atoms with Gasteiger partial charge in [0.25, 0.3) is 0 Å². The minimum absolute atomic E-state index is 0.0618. The first-order valence-corrected chi connectivity index (χ1v) is 17.6. The summed E-state index contributed by atoms with van der Waals surface area (Å²) in [5.41, 5.74) is -2.66. The third-order valence-corrected chi connectivity index (χ3v) is 13.8. The van der Waals surface area contributed by atoms with Gasteiger partial charge in [-0.3, -0.25) is 0 Å². The number of aliphatic hydroxyl groups is 4. The molecule has 264 valence electrons. The molecule has 4 saturated carbocycles. The lowest BCUT2D eigenvalue weighted by Crippen LogP contribution is -2.69. The van der Waals surface area contributed by atoms with Crippen LogP contribution in [0.5, 0.6) is 0 Å². The van der Waals surface area contributed by atoms with E-state index in [-0.39, 0.29) is 55.6 Å². The Morgan fingerprint density at radius 3 is 2.45 bits per heavy atom. The number of methoxy groups -OCH3 is 1. The number of hydrogen-bond acceptors (Lipinski definition) is 12. The van der Waals surface area contributed by atoms with Crippen molar-refractivity contribution in [1.29, 1.82) is 0 Å². The topological polar surface area (TPSA) is 170 Å². The zero-order valence-electron chi connectivity index (χ0n) is 27.8. The van der Waals surface area contributed by atoms with E-state index in [0.29, 0.717) is 51.4 Å². The highest BCUT2D eigenvalue weighted by atomic mass is 16.7. The molecular weight excluding hydrogens is 612 g/mol. The van der Waals surface area contributed by atoms with Gasteiger partial charge < -0.3 is 53.6 Å². The van der Waals surface area contributed by atoms with E-state index in [9.17, 15) is 30.0 Å². The molecule has 47 heavy (non-hydrogen) atoms. The van der Waals surface area contributed by atoms with Gasteiger partial charge in [0.15, 0.2) is 12.6 Å². The van der Waals surface area contributed by atoms with Gasteiger partial charge >= 0.3 is 5.97 Å². The molecule has 0 amide bonds. The summed E-state index contributed by atoms with van der Waals surface area (Å²) in [7, 11) is 1.60. The van der Waals surface area contributed by atoms with Crippen LogP contribution < -0.4 is 0 Å². The average Bonchev–Trinajstić information content (AvgIpc) is 3.59. The highest BCUT2D eigenvalue weighted by molar-refractivity contribution is 5.85. The molecule has 12 nitrogen and oxygen atoms in total. The highest BCUT2D eigenvalue weighted by Gasteiger charge is 2.71. The Bertz CT molecular complexity index is 1230. The molecule has 2 saturated heterocycles. The minimum atomic E-state index is -1.25. The van der Waals surface area contributed by atoms with E-state index in [0.717, 1.165) is 24.7 Å². The van der Waals surface area contributed by atoms with Gasteiger partial charge in [-0.1, -0.05) is 6.92 Å². The molecule has 0 aromatic rings. The Hall–Kier alpha value is -1.48. The Kier molecular flexibility index (Phi) is 8.96. The number of esters is 1. The smallest absolute Gasteiger partial charge is 0.331 e. The van der Waals surface area contributed by atoms with Gasteiger partial charge in [-0.15, -0.1) is 0 Å². The Morgan fingerprint density at radius 2 is 1.74 bits per heavy atom. The fraction of sp³-hybridized carbons (Fsp3) is 0.886. The highest BCUT2D eigenvalue weighted by Crippen LogP contribution is 2.70. The molecule has 15 atom stereocenters. The van der Waals surface area contributed by atoms with Crippen molar-refractivity contribution in [2.24, 2.45) is 28.6 Å². The molecule has 15 unspecified atom stereocenters. The van der Waals surface area contributed by atoms with Gasteiger partial charge in [-0.25, -0.2) is 4.79 Å². The first-order chi connectivity index (χ1) is 22.4. The molecule has 4 aliphatic carbocycles. The second-order valence-electron chi connectivity index (χ2n) is 15.8. The maximum atomic E-state index is 13.2. The largest absolute Gasteiger partial charge is 0.458 e. The number of cyclic esters (lactones) is 1. The van der Waals surface area contributed by atoms with Gasteiger partial charge in [0.1, 0.15) is 25.1 Å². The van der Waals surface area contributed by atoms with Crippen molar-refractivity contribution in [1.82, 2.24) is 0 Å². The molecule has 0 spiro atoms. The third-order valence-electron chi connectivity index (χ3n) is 13.8. The third kappa shape index (κ3) is 5.36. The number of hydrogen-bond donors (Lipinski definition) is 4. The van der Waals surface area contributed by atoms with Crippen molar-refractivity contribution < 1.29 is 58.4 Å².